The van der Waals surface area contributed by atoms with Crippen LogP contribution in [0.15, 0.2) is 60.1 Å². The van der Waals surface area contributed by atoms with Gasteiger partial charge in [0.2, 0.25) is 0 Å². The molecule has 0 aliphatic heterocycles. The molecular formula is C44H63F3N2S. The Morgan fingerprint density at radius 3 is 2.02 bits per heavy atom. The lowest BCUT2D eigenvalue weighted by atomic mass is 9.84. The second-order valence-corrected chi connectivity index (χ2v) is 15.1. The highest BCUT2D eigenvalue weighted by molar-refractivity contribution is 7.97. The molecule has 276 valence electrons. The van der Waals surface area contributed by atoms with E-state index in [1.807, 2.05) is 24.2 Å². The van der Waals surface area contributed by atoms with Crippen LogP contribution in [0.4, 0.5) is 18.9 Å². The van der Waals surface area contributed by atoms with Crippen molar-refractivity contribution in [3.05, 3.63) is 112 Å². The Morgan fingerprint density at radius 2 is 1.46 bits per heavy atom. The zero-order chi connectivity index (χ0) is 37.8. The number of halogens is 3. The van der Waals surface area contributed by atoms with E-state index in [-0.39, 0.29) is 27.5 Å². The predicted molar refractivity (Wildman–Crippen MR) is 214 cm³/mol. The van der Waals surface area contributed by atoms with Gasteiger partial charge in [0, 0.05) is 30.5 Å². The van der Waals surface area contributed by atoms with Crippen LogP contribution in [-0.2, 0) is 24.8 Å². The van der Waals surface area contributed by atoms with Crippen molar-refractivity contribution in [1.29, 1.82) is 0 Å². The lowest BCUT2D eigenvalue weighted by Gasteiger charge is -2.36. The van der Waals surface area contributed by atoms with Gasteiger partial charge in [0.1, 0.15) is 5.82 Å². The Balaban J connectivity index is 0.00000425. The summed E-state index contributed by atoms with van der Waals surface area (Å²) in [6.07, 6.45) is 8.28. The van der Waals surface area contributed by atoms with Gasteiger partial charge in [-0.2, -0.15) is 0 Å². The average Bonchev–Trinajstić information content (AvgIpc) is 3.10. The Bertz CT molecular complexity index is 1540. The van der Waals surface area contributed by atoms with Crippen molar-refractivity contribution in [3.8, 4) is 0 Å². The first kappa shape index (κ1) is 43.2. The molecule has 3 aromatic rings. The summed E-state index contributed by atoms with van der Waals surface area (Å²) in [6.45, 7) is 31.8. The lowest BCUT2D eigenvalue weighted by Crippen LogP contribution is -2.36. The topological polar surface area (TPSA) is 6.48 Å². The van der Waals surface area contributed by atoms with Gasteiger partial charge in [0.05, 0.1) is 4.90 Å². The molecule has 0 aromatic heterocycles. The summed E-state index contributed by atoms with van der Waals surface area (Å²) in [5.74, 6) is -2.83. The molecule has 0 spiro atoms. The SMILES string of the molecule is C=Cc1ccc(N(Cc2cc(CCC)cc(C(C)(C)C)c2)C(=C)CN(Sc2c(F)c(C)c(C)c(F)c2F)C(CC)CCC)c(CCC)c1.CC. The molecule has 0 bridgehead atoms. The molecule has 3 aromatic carbocycles. The molecule has 1 atom stereocenters. The maximum atomic E-state index is 15.6. The van der Waals surface area contributed by atoms with Crippen molar-refractivity contribution < 1.29 is 13.2 Å². The molecule has 0 heterocycles. The van der Waals surface area contributed by atoms with Crippen molar-refractivity contribution in [3.63, 3.8) is 0 Å². The molecule has 0 aliphatic rings. The maximum absolute atomic E-state index is 15.6. The number of anilines is 1. The summed E-state index contributed by atoms with van der Waals surface area (Å²) >= 11 is 0.977. The molecule has 1 unspecified atom stereocenters. The second kappa shape index (κ2) is 20.2. The van der Waals surface area contributed by atoms with Gasteiger partial charge in [-0.05, 0) is 108 Å². The summed E-state index contributed by atoms with van der Waals surface area (Å²) in [5.41, 5.74) is 8.04. The van der Waals surface area contributed by atoms with Crippen LogP contribution in [0.3, 0.4) is 0 Å². The molecule has 50 heavy (non-hydrogen) atoms. The zero-order valence-electron chi connectivity index (χ0n) is 32.8. The van der Waals surface area contributed by atoms with Crippen molar-refractivity contribution in [1.82, 2.24) is 4.31 Å². The van der Waals surface area contributed by atoms with Crippen LogP contribution >= 0.6 is 11.9 Å². The Kier molecular flexibility index (Phi) is 17.4. The van der Waals surface area contributed by atoms with E-state index >= 15 is 8.78 Å². The minimum Gasteiger partial charge on any atom is -0.340 e. The fourth-order valence-electron chi connectivity index (χ4n) is 6.18. The number of nitrogens with zero attached hydrogens (tertiary/aromatic N) is 2. The van der Waals surface area contributed by atoms with Crippen LogP contribution in [0.1, 0.15) is 133 Å². The first-order chi connectivity index (χ1) is 23.7. The van der Waals surface area contributed by atoms with Crippen LogP contribution in [0.5, 0.6) is 0 Å². The van der Waals surface area contributed by atoms with Crippen molar-refractivity contribution in [2.24, 2.45) is 0 Å². The van der Waals surface area contributed by atoms with Crippen LogP contribution in [-0.4, -0.2) is 16.9 Å². The van der Waals surface area contributed by atoms with E-state index in [1.165, 1.54) is 36.1 Å². The minimum atomic E-state index is -1.13. The standard InChI is InChI=1S/C42H57F3N2S.C2H6/c1-12-17-32-22-33(25-35(24-32)42(9,10)11)27-46(37-21-20-31(15-4)23-34(37)18-13-2)28(6)26-47(36(16-5)19-14-3)48-41-39(44)30(8)29(7)38(43)40(41)45;1-2/h15,20-25,36H,4,6,12-14,16-19,26-27H2,1-3,5,7-11H3;1-2H3. The normalized spacial score (nSPS) is 12.1. The minimum absolute atomic E-state index is 0.000648. The summed E-state index contributed by atoms with van der Waals surface area (Å²) in [7, 11) is 0. The number of aryl methyl sites for hydroxylation is 2. The highest BCUT2D eigenvalue weighted by Gasteiger charge is 2.28. The zero-order valence-corrected chi connectivity index (χ0v) is 33.7. The van der Waals surface area contributed by atoms with Gasteiger partial charge in [-0.3, -0.25) is 0 Å². The molecule has 0 saturated carbocycles. The monoisotopic (exact) mass is 708 g/mol. The molecule has 0 saturated heterocycles. The number of hydrogen-bond acceptors (Lipinski definition) is 3. The largest absolute Gasteiger partial charge is 0.340 e. The third kappa shape index (κ3) is 11.0. The fraction of sp³-hybridized carbons (Fsp3) is 0.500. The van der Waals surface area contributed by atoms with Gasteiger partial charge >= 0.3 is 0 Å². The van der Waals surface area contributed by atoms with Gasteiger partial charge in [0.25, 0.3) is 0 Å². The molecule has 0 fully saturated rings. The average molecular weight is 709 g/mol. The highest BCUT2D eigenvalue weighted by atomic mass is 32.2. The smallest absolute Gasteiger partial charge is 0.176 e. The van der Waals surface area contributed by atoms with E-state index in [2.05, 4.69) is 103 Å². The fourth-order valence-corrected chi connectivity index (χ4v) is 7.43. The summed E-state index contributed by atoms with van der Waals surface area (Å²) in [4.78, 5) is 1.98. The number of rotatable bonds is 17. The van der Waals surface area contributed by atoms with Crippen molar-refractivity contribution in [2.45, 2.75) is 144 Å². The third-order valence-electron chi connectivity index (χ3n) is 9.19. The van der Waals surface area contributed by atoms with Gasteiger partial charge in [0.15, 0.2) is 11.6 Å². The molecule has 0 radical (unpaired) electrons. The highest BCUT2D eigenvalue weighted by Crippen LogP contribution is 2.38. The molecule has 0 amide bonds. The van der Waals surface area contributed by atoms with E-state index in [0.29, 0.717) is 13.1 Å². The number of benzene rings is 3. The Hall–Kier alpha value is -2.96. The Morgan fingerprint density at radius 1 is 0.840 bits per heavy atom. The number of hydrogen-bond donors (Lipinski definition) is 0. The molecule has 0 N–H and O–H groups in total. The second-order valence-electron chi connectivity index (χ2n) is 14.1. The quantitative estimate of drug-likeness (QED) is 0.102. The summed E-state index contributed by atoms with van der Waals surface area (Å²) in [5, 5.41) is 0. The van der Waals surface area contributed by atoms with Crippen LogP contribution in [0.25, 0.3) is 6.08 Å². The van der Waals surface area contributed by atoms with E-state index in [4.69, 9.17) is 0 Å². The molecule has 3 rings (SSSR count). The van der Waals surface area contributed by atoms with Gasteiger partial charge in [-0.15, -0.1) is 0 Å². The van der Waals surface area contributed by atoms with Gasteiger partial charge < -0.3 is 4.90 Å². The third-order valence-corrected chi connectivity index (χ3v) is 10.4. The van der Waals surface area contributed by atoms with Crippen LogP contribution in [0, 0.1) is 31.3 Å². The first-order valence-corrected chi connectivity index (χ1v) is 19.4. The van der Waals surface area contributed by atoms with E-state index < -0.39 is 17.5 Å². The maximum Gasteiger partial charge on any atom is 0.176 e. The van der Waals surface area contributed by atoms with E-state index in [9.17, 15) is 4.39 Å². The van der Waals surface area contributed by atoms with Gasteiger partial charge in [-0.25, -0.2) is 17.5 Å². The van der Waals surface area contributed by atoms with Crippen molar-refractivity contribution >= 4 is 23.7 Å². The van der Waals surface area contributed by atoms with Crippen LogP contribution in [0.2, 0.25) is 0 Å². The van der Waals surface area contributed by atoms with E-state index in [1.54, 1.807) is 0 Å². The first-order valence-electron chi connectivity index (χ1n) is 18.6. The summed E-state index contributed by atoms with van der Waals surface area (Å²) < 4.78 is 48.0. The molecule has 6 heteroatoms. The van der Waals surface area contributed by atoms with Crippen molar-refractivity contribution in [2.75, 3.05) is 11.4 Å². The molecule has 0 aliphatic carbocycles. The van der Waals surface area contributed by atoms with Crippen LogP contribution < -0.4 is 4.90 Å². The molecular weight excluding hydrogens is 646 g/mol. The van der Waals surface area contributed by atoms with E-state index in [0.717, 1.165) is 73.8 Å². The Labute approximate surface area is 307 Å². The summed E-state index contributed by atoms with van der Waals surface area (Å²) in [6, 6.07) is 13.4. The predicted octanol–water partition coefficient (Wildman–Crippen LogP) is 13.7. The van der Waals surface area contributed by atoms with Gasteiger partial charge in [-0.1, -0.05) is 125 Å². The molecule has 2 nitrogen and oxygen atoms in total. The lowest BCUT2D eigenvalue weighted by molar-refractivity contribution is 0.336.